The van der Waals surface area contributed by atoms with Crippen LogP contribution in [0.25, 0.3) is 0 Å². The van der Waals surface area contributed by atoms with Gasteiger partial charge in [0.25, 0.3) is 5.56 Å². The fraction of sp³-hybridized carbons (Fsp3) is 0.455. The maximum atomic E-state index is 12.5. The Morgan fingerprint density at radius 1 is 1.24 bits per heavy atom. The number of hydrogen-bond acceptors (Lipinski definition) is 6. The molecule has 0 unspecified atom stereocenters. The van der Waals surface area contributed by atoms with E-state index >= 15 is 0 Å². The van der Waals surface area contributed by atoms with Gasteiger partial charge in [-0.15, -0.1) is 5.10 Å². The van der Waals surface area contributed by atoms with E-state index in [0.29, 0.717) is 42.7 Å². The van der Waals surface area contributed by atoms with Gasteiger partial charge in [-0.25, -0.2) is 4.68 Å². The number of aromatic nitrogens is 4. The van der Waals surface area contributed by atoms with Gasteiger partial charge in [0.1, 0.15) is 5.76 Å². The summed E-state index contributed by atoms with van der Waals surface area (Å²) < 4.78 is 12.5. The van der Waals surface area contributed by atoms with Crippen molar-refractivity contribution in [3.05, 3.63) is 68.6 Å². The zero-order chi connectivity index (χ0) is 20.5. The van der Waals surface area contributed by atoms with Crippen molar-refractivity contribution in [3.8, 4) is 5.88 Å². The van der Waals surface area contributed by atoms with Crippen LogP contribution in [0.3, 0.4) is 0 Å². The van der Waals surface area contributed by atoms with E-state index in [-0.39, 0.29) is 5.56 Å². The van der Waals surface area contributed by atoms with Crippen molar-refractivity contribution >= 4 is 0 Å². The van der Waals surface area contributed by atoms with Crippen molar-refractivity contribution in [1.29, 1.82) is 0 Å². The molecule has 0 amide bonds. The molecule has 1 aliphatic carbocycles. The van der Waals surface area contributed by atoms with Gasteiger partial charge < -0.3 is 9.26 Å². The van der Waals surface area contributed by atoms with E-state index in [1.165, 1.54) is 10.2 Å². The second-order valence-electron chi connectivity index (χ2n) is 7.91. The lowest BCUT2D eigenvalue weighted by Crippen LogP contribution is -2.24. The molecule has 3 aromatic heterocycles. The lowest BCUT2D eigenvalue weighted by molar-refractivity contribution is 0.277. The third-order valence-corrected chi connectivity index (χ3v) is 5.62. The van der Waals surface area contributed by atoms with Crippen LogP contribution in [0.2, 0.25) is 0 Å². The molecule has 0 N–H and O–H groups in total. The van der Waals surface area contributed by atoms with Gasteiger partial charge in [0, 0.05) is 48.0 Å². The number of nitrogens with zero attached hydrogens (tertiary/aromatic N) is 4. The maximum absolute atomic E-state index is 12.5. The predicted molar refractivity (Wildman–Crippen MR) is 108 cm³/mol. The van der Waals surface area contributed by atoms with Crippen LogP contribution in [0, 0.1) is 26.7 Å². The lowest BCUT2D eigenvalue weighted by atomic mass is 10.0. The Bertz CT molecular complexity index is 1050. The lowest BCUT2D eigenvalue weighted by Gasteiger charge is -2.09. The Kier molecular flexibility index (Phi) is 5.22. The zero-order valence-electron chi connectivity index (χ0n) is 17.3. The van der Waals surface area contributed by atoms with Crippen molar-refractivity contribution in [2.24, 2.45) is 13.0 Å². The van der Waals surface area contributed by atoms with E-state index in [0.717, 1.165) is 29.1 Å². The molecule has 0 aromatic carbocycles. The normalized spacial score (nSPS) is 18.1. The first kappa shape index (κ1) is 19.4. The average Bonchev–Trinajstić information content (AvgIpc) is 3.41. The van der Waals surface area contributed by atoms with Crippen LogP contribution in [0.4, 0.5) is 0 Å². The summed E-state index contributed by atoms with van der Waals surface area (Å²) in [6.07, 6.45) is 4.27. The van der Waals surface area contributed by atoms with Gasteiger partial charge in [-0.05, 0) is 51.7 Å². The smallest absolute Gasteiger partial charge is 0.269 e. The summed E-state index contributed by atoms with van der Waals surface area (Å²) in [7, 11) is 1.66. The Labute approximate surface area is 169 Å². The van der Waals surface area contributed by atoms with E-state index < -0.39 is 0 Å². The third kappa shape index (κ3) is 4.23. The fourth-order valence-electron chi connectivity index (χ4n) is 3.69. The van der Waals surface area contributed by atoms with E-state index in [1.807, 2.05) is 27.0 Å². The summed E-state index contributed by atoms with van der Waals surface area (Å²) in [4.78, 5) is 17.0. The number of hydrogen-bond donors (Lipinski definition) is 0. The van der Waals surface area contributed by atoms with Crippen LogP contribution in [0.5, 0.6) is 5.88 Å². The highest BCUT2D eigenvalue weighted by Gasteiger charge is 2.40. The zero-order valence-corrected chi connectivity index (χ0v) is 17.3. The molecule has 152 valence electrons. The Morgan fingerprint density at radius 3 is 2.76 bits per heavy atom. The van der Waals surface area contributed by atoms with E-state index in [2.05, 4.69) is 27.4 Å². The number of ether oxygens (including phenoxy) is 1. The van der Waals surface area contributed by atoms with E-state index in [1.54, 1.807) is 13.1 Å². The number of rotatable bonds is 7. The van der Waals surface area contributed by atoms with Crippen LogP contribution in [-0.4, -0.2) is 26.5 Å². The molecule has 1 aliphatic rings. The topological polar surface area (TPSA) is 83.0 Å². The standard InChI is InChI=1S/C22H26N4O3/c1-13-5-8-20(23-11-13)19-9-17(19)12-28-21-10-16(22(27)26(4)24-21)6-7-18-14(2)25-29-15(18)3/h5,8,10-11,17,19H,6-7,9,12H2,1-4H3/t17-,19+/m1/s1. The molecular weight excluding hydrogens is 368 g/mol. The molecule has 0 radical (unpaired) electrons. The van der Waals surface area contributed by atoms with Gasteiger partial charge in [0.05, 0.1) is 12.3 Å². The highest BCUT2D eigenvalue weighted by molar-refractivity contribution is 5.25. The summed E-state index contributed by atoms with van der Waals surface area (Å²) in [6, 6.07) is 5.96. The van der Waals surface area contributed by atoms with Crippen molar-refractivity contribution in [2.75, 3.05) is 6.61 Å². The molecule has 0 bridgehead atoms. The molecule has 0 saturated heterocycles. The summed E-state index contributed by atoms with van der Waals surface area (Å²) in [5.74, 6) is 2.18. The van der Waals surface area contributed by atoms with Gasteiger partial charge >= 0.3 is 0 Å². The van der Waals surface area contributed by atoms with Gasteiger partial charge in [-0.1, -0.05) is 11.2 Å². The number of pyridine rings is 1. The maximum Gasteiger partial charge on any atom is 0.269 e. The Morgan fingerprint density at radius 2 is 2.07 bits per heavy atom. The van der Waals surface area contributed by atoms with Crippen molar-refractivity contribution in [1.82, 2.24) is 19.9 Å². The third-order valence-electron chi connectivity index (χ3n) is 5.62. The predicted octanol–water partition coefficient (Wildman–Crippen LogP) is 3.06. The second kappa shape index (κ2) is 7.81. The molecule has 2 atom stereocenters. The minimum absolute atomic E-state index is 0.0998. The van der Waals surface area contributed by atoms with Crippen molar-refractivity contribution in [3.63, 3.8) is 0 Å². The summed E-state index contributed by atoms with van der Waals surface area (Å²) in [6.45, 7) is 6.43. The molecule has 1 saturated carbocycles. The molecule has 3 heterocycles. The van der Waals surface area contributed by atoms with Gasteiger partial charge in [0.15, 0.2) is 0 Å². The molecule has 0 aliphatic heterocycles. The highest BCUT2D eigenvalue weighted by atomic mass is 16.5. The van der Waals surface area contributed by atoms with Crippen LogP contribution >= 0.6 is 0 Å². The first-order valence-corrected chi connectivity index (χ1v) is 9.96. The van der Waals surface area contributed by atoms with Crippen LogP contribution in [0.1, 0.15) is 46.2 Å². The fourth-order valence-corrected chi connectivity index (χ4v) is 3.69. The van der Waals surface area contributed by atoms with Crippen LogP contribution in [0.15, 0.2) is 33.7 Å². The summed E-state index contributed by atoms with van der Waals surface area (Å²) >= 11 is 0. The monoisotopic (exact) mass is 394 g/mol. The van der Waals surface area contributed by atoms with Gasteiger partial charge in [0.2, 0.25) is 5.88 Å². The summed E-state index contributed by atoms with van der Waals surface area (Å²) in [5.41, 5.74) is 4.80. The quantitative estimate of drug-likeness (QED) is 0.612. The van der Waals surface area contributed by atoms with Crippen molar-refractivity contribution < 1.29 is 9.26 Å². The van der Waals surface area contributed by atoms with Crippen LogP contribution < -0.4 is 10.3 Å². The SMILES string of the molecule is Cc1ccc([C@H]2C[C@@H]2COc2cc(CCc3c(C)noc3C)c(=O)n(C)n2)nc1. The molecule has 29 heavy (non-hydrogen) atoms. The molecule has 7 nitrogen and oxygen atoms in total. The molecule has 7 heteroatoms. The Balaban J connectivity index is 1.40. The largest absolute Gasteiger partial charge is 0.476 e. The number of aryl methyl sites for hydroxylation is 5. The highest BCUT2D eigenvalue weighted by Crippen LogP contribution is 2.46. The summed E-state index contributed by atoms with van der Waals surface area (Å²) in [5, 5.41) is 8.24. The molecule has 0 spiro atoms. The minimum atomic E-state index is -0.0998. The van der Waals surface area contributed by atoms with E-state index in [4.69, 9.17) is 9.26 Å². The minimum Gasteiger partial charge on any atom is -0.476 e. The first-order chi connectivity index (χ1) is 13.9. The first-order valence-electron chi connectivity index (χ1n) is 9.96. The molecular formula is C22H26N4O3. The van der Waals surface area contributed by atoms with Crippen LogP contribution in [-0.2, 0) is 19.9 Å². The molecule has 1 fully saturated rings. The average molecular weight is 394 g/mol. The second-order valence-corrected chi connectivity index (χ2v) is 7.91. The molecule has 4 rings (SSSR count). The molecule has 3 aromatic rings. The van der Waals surface area contributed by atoms with Gasteiger partial charge in [-0.3, -0.25) is 9.78 Å². The van der Waals surface area contributed by atoms with Gasteiger partial charge in [-0.2, -0.15) is 0 Å². The van der Waals surface area contributed by atoms with Crippen molar-refractivity contribution in [2.45, 2.75) is 46.0 Å². The van der Waals surface area contributed by atoms with E-state index in [9.17, 15) is 4.79 Å². The Hall–Kier alpha value is -2.96.